The van der Waals surface area contributed by atoms with Crippen molar-refractivity contribution in [3.8, 4) is 11.5 Å². The Morgan fingerprint density at radius 3 is 2.50 bits per heavy atom. The second kappa shape index (κ2) is 8.30. The van der Waals surface area contributed by atoms with Crippen LogP contribution in [0.3, 0.4) is 0 Å². The van der Waals surface area contributed by atoms with Crippen molar-refractivity contribution in [1.82, 2.24) is 10.2 Å². The lowest BCUT2D eigenvalue weighted by Gasteiger charge is -2.07. The molecule has 2 aromatic rings. The van der Waals surface area contributed by atoms with Gasteiger partial charge >= 0.3 is 0 Å². The number of ether oxygens (including phenoxy) is 3. The molecule has 8 heteroatoms. The highest BCUT2D eigenvalue weighted by Crippen LogP contribution is 2.18. The van der Waals surface area contributed by atoms with E-state index in [2.05, 4.69) is 15.5 Å². The van der Waals surface area contributed by atoms with Gasteiger partial charge in [-0.1, -0.05) is 11.3 Å². The van der Waals surface area contributed by atoms with Crippen LogP contribution in [0.25, 0.3) is 0 Å². The first-order valence-electron chi connectivity index (χ1n) is 6.68. The molecule has 1 aromatic carbocycles. The van der Waals surface area contributed by atoms with Crippen molar-refractivity contribution >= 4 is 22.4 Å². The number of hydrogen-bond acceptors (Lipinski definition) is 7. The summed E-state index contributed by atoms with van der Waals surface area (Å²) in [5.41, 5.74) is 0. The maximum absolute atomic E-state index is 11.8. The van der Waals surface area contributed by atoms with Crippen LogP contribution in [0.4, 0.5) is 5.13 Å². The lowest BCUT2D eigenvalue weighted by Crippen LogP contribution is -2.20. The van der Waals surface area contributed by atoms with Gasteiger partial charge in [-0.2, -0.15) is 0 Å². The van der Waals surface area contributed by atoms with E-state index >= 15 is 0 Å². The molecule has 0 fully saturated rings. The summed E-state index contributed by atoms with van der Waals surface area (Å²) in [6, 6.07) is 7.08. The minimum atomic E-state index is -0.297. The number of nitrogens with one attached hydrogen (secondary N) is 1. The van der Waals surface area contributed by atoms with E-state index in [0.29, 0.717) is 29.1 Å². The van der Waals surface area contributed by atoms with E-state index < -0.39 is 0 Å². The second-order valence-corrected chi connectivity index (χ2v) is 5.24. The number of hydrogen-bond donors (Lipinski definition) is 1. The number of benzene rings is 1. The zero-order chi connectivity index (χ0) is 15.8. The van der Waals surface area contributed by atoms with E-state index in [0.717, 1.165) is 5.75 Å². The molecule has 22 heavy (non-hydrogen) atoms. The average Bonchev–Trinajstić information content (AvgIpc) is 2.94. The number of carbonyl (C=O) groups excluding carboxylic acids is 1. The second-order valence-electron chi connectivity index (χ2n) is 4.18. The number of rotatable bonds is 8. The van der Waals surface area contributed by atoms with Crippen molar-refractivity contribution in [3.63, 3.8) is 0 Å². The van der Waals surface area contributed by atoms with Crippen molar-refractivity contribution in [2.24, 2.45) is 0 Å². The third-order valence-corrected chi connectivity index (χ3v) is 3.30. The fraction of sp³-hybridized carbons (Fsp3) is 0.357. The van der Waals surface area contributed by atoms with Crippen LogP contribution in [0.1, 0.15) is 11.9 Å². The summed E-state index contributed by atoms with van der Waals surface area (Å²) in [7, 11) is 1.57. The SMILES string of the molecule is CCOc1ccc(OCC(=O)Nc2nnc(COC)s2)cc1. The molecule has 0 bridgehead atoms. The Morgan fingerprint density at radius 2 is 1.86 bits per heavy atom. The largest absolute Gasteiger partial charge is 0.494 e. The van der Waals surface area contributed by atoms with Crippen LogP contribution in [0.2, 0.25) is 0 Å². The molecule has 1 amide bonds. The number of amides is 1. The molecule has 0 aliphatic heterocycles. The maximum atomic E-state index is 11.8. The van der Waals surface area contributed by atoms with E-state index in [1.54, 1.807) is 31.4 Å². The molecule has 1 N–H and O–H groups in total. The molecule has 0 unspecified atom stereocenters. The maximum Gasteiger partial charge on any atom is 0.264 e. The van der Waals surface area contributed by atoms with Gasteiger partial charge in [-0.05, 0) is 31.2 Å². The molecule has 0 aliphatic carbocycles. The van der Waals surface area contributed by atoms with Gasteiger partial charge in [0.1, 0.15) is 23.1 Å². The molecule has 2 rings (SSSR count). The van der Waals surface area contributed by atoms with E-state index in [1.165, 1.54) is 11.3 Å². The highest BCUT2D eigenvalue weighted by molar-refractivity contribution is 7.15. The molecule has 0 aliphatic rings. The summed E-state index contributed by atoms with van der Waals surface area (Å²) in [5.74, 6) is 1.06. The van der Waals surface area contributed by atoms with Crippen LogP contribution in [0.15, 0.2) is 24.3 Å². The Balaban J connectivity index is 1.79. The van der Waals surface area contributed by atoms with E-state index in [1.807, 2.05) is 6.92 Å². The summed E-state index contributed by atoms with van der Waals surface area (Å²) in [6.07, 6.45) is 0. The number of nitrogens with zero attached hydrogens (tertiary/aromatic N) is 2. The number of carbonyl (C=O) groups is 1. The van der Waals surface area contributed by atoms with Crippen LogP contribution in [0, 0.1) is 0 Å². The molecular formula is C14H17N3O4S. The van der Waals surface area contributed by atoms with Crippen LogP contribution < -0.4 is 14.8 Å². The Morgan fingerprint density at radius 1 is 1.18 bits per heavy atom. The number of methoxy groups -OCH3 is 1. The molecule has 7 nitrogen and oxygen atoms in total. The van der Waals surface area contributed by atoms with Gasteiger partial charge in [0.05, 0.1) is 6.61 Å². The normalized spacial score (nSPS) is 10.3. The highest BCUT2D eigenvalue weighted by atomic mass is 32.1. The molecule has 0 radical (unpaired) electrons. The van der Waals surface area contributed by atoms with Gasteiger partial charge in [0.15, 0.2) is 6.61 Å². The van der Waals surface area contributed by atoms with Crippen molar-refractivity contribution < 1.29 is 19.0 Å². The summed E-state index contributed by atoms with van der Waals surface area (Å²) in [6.45, 7) is 2.79. The Hall–Kier alpha value is -2.19. The molecule has 0 atom stereocenters. The van der Waals surface area contributed by atoms with E-state index in [9.17, 15) is 4.79 Å². The smallest absolute Gasteiger partial charge is 0.264 e. The van der Waals surface area contributed by atoms with Crippen LogP contribution in [-0.4, -0.2) is 36.4 Å². The van der Waals surface area contributed by atoms with Gasteiger partial charge in [0.25, 0.3) is 5.91 Å². The highest BCUT2D eigenvalue weighted by Gasteiger charge is 2.09. The van der Waals surface area contributed by atoms with Crippen LogP contribution in [0.5, 0.6) is 11.5 Å². The third kappa shape index (κ3) is 4.97. The van der Waals surface area contributed by atoms with Gasteiger partial charge in [-0.15, -0.1) is 10.2 Å². The summed E-state index contributed by atoms with van der Waals surface area (Å²) in [4.78, 5) is 11.8. The molecule has 118 valence electrons. The van der Waals surface area contributed by atoms with E-state index in [4.69, 9.17) is 14.2 Å². The molecule has 0 saturated carbocycles. The average molecular weight is 323 g/mol. The first kappa shape index (κ1) is 16.2. The lowest BCUT2D eigenvalue weighted by atomic mass is 10.3. The molecule has 0 spiro atoms. The zero-order valence-corrected chi connectivity index (χ0v) is 13.2. The fourth-order valence-electron chi connectivity index (χ4n) is 1.59. The van der Waals surface area contributed by atoms with Crippen molar-refractivity contribution in [1.29, 1.82) is 0 Å². The molecular weight excluding hydrogens is 306 g/mol. The van der Waals surface area contributed by atoms with Gasteiger partial charge in [0, 0.05) is 7.11 Å². The van der Waals surface area contributed by atoms with Gasteiger partial charge in [-0.3, -0.25) is 10.1 Å². The molecule has 1 aromatic heterocycles. The van der Waals surface area contributed by atoms with Crippen LogP contribution >= 0.6 is 11.3 Å². The number of anilines is 1. The minimum Gasteiger partial charge on any atom is -0.494 e. The topological polar surface area (TPSA) is 82.6 Å². The summed E-state index contributed by atoms with van der Waals surface area (Å²) in [5, 5.41) is 11.5. The first-order chi connectivity index (χ1) is 10.7. The third-order valence-electron chi connectivity index (χ3n) is 2.49. The van der Waals surface area contributed by atoms with E-state index in [-0.39, 0.29) is 12.5 Å². The Bertz CT molecular complexity index is 600. The lowest BCUT2D eigenvalue weighted by molar-refractivity contribution is -0.118. The zero-order valence-electron chi connectivity index (χ0n) is 12.4. The van der Waals surface area contributed by atoms with Crippen molar-refractivity contribution in [2.75, 3.05) is 25.6 Å². The van der Waals surface area contributed by atoms with Crippen molar-refractivity contribution in [2.45, 2.75) is 13.5 Å². The first-order valence-corrected chi connectivity index (χ1v) is 7.49. The Labute approximate surface area is 132 Å². The van der Waals surface area contributed by atoms with Crippen molar-refractivity contribution in [3.05, 3.63) is 29.3 Å². The minimum absolute atomic E-state index is 0.104. The summed E-state index contributed by atoms with van der Waals surface area (Å²) < 4.78 is 15.7. The quantitative estimate of drug-likeness (QED) is 0.801. The Kier molecular flexibility index (Phi) is 6.11. The summed E-state index contributed by atoms with van der Waals surface area (Å²) >= 11 is 1.26. The standard InChI is InChI=1S/C14H17N3O4S/c1-3-20-10-4-6-11(7-5-10)21-8-12(18)15-14-17-16-13(22-14)9-19-2/h4-7H,3,8-9H2,1-2H3,(H,15,17,18). The predicted octanol–water partition coefficient (Wildman–Crippen LogP) is 2.10. The van der Waals surface area contributed by atoms with Gasteiger partial charge in [-0.25, -0.2) is 0 Å². The monoisotopic (exact) mass is 323 g/mol. The van der Waals surface area contributed by atoms with Crippen LogP contribution in [-0.2, 0) is 16.1 Å². The van der Waals surface area contributed by atoms with Gasteiger partial charge in [0.2, 0.25) is 5.13 Å². The number of aromatic nitrogens is 2. The molecule has 0 saturated heterocycles. The van der Waals surface area contributed by atoms with Gasteiger partial charge < -0.3 is 14.2 Å². The predicted molar refractivity (Wildman–Crippen MR) is 82.4 cm³/mol. The molecule has 1 heterocycles. The fourth-order valence-corrected chi connectivity index (χ4v) is 2.32.